The summed E-state index contributed by atoms with van der Waals surface area (Å²) < 4.78 is 74.7. The number of benzene rings is 2. The lowest BCUT2D eigenvalue weighted by molar-refractivity contribution is 0.0958. The molecule has 0 atom stereocenters. The first kappa shape index (κ1) is 20.7. The first-order valence-corrected chi connectivity index (χ1v) is 10.1. The average molecular weight is 558 g/mol. The molecule has 0 bridgehead atoms. The number of hydrogen-bond donors (Lipinski definition) is 3. The van der Waals surface area contributed by atoms with Gasteiger partial charge in [-0.1, -0.05) is 6.08 Å². The fraction of sp³-hybridized carbons (Fsp3) is 0.0909. The highest BCUT2D eigenvalue weighted by molar-refractivity contribution is 14.1. The van der Waals surface area contributed by atoms with Gasteiger partial charge in [0.2, 0.25) is 0 Å². The molecule has 2 aromatic carbocycles. The summed E-state index contributed by atoms with van der Waals surface area (Å²) in [5.74, 6) is -6.26. The van der Waals surface area contributed by atoms with E-state index >= 15 is 4.39 Å². The van der Waals surface area contributed by atoms with Crippen LogP contribution in [0.5, 0.6) is 0 Å². The highest BCUT2D eigenvalue weighted by atomic mass is 127. The SMILES string of the molecule is [2H]C([2H])(C=C)NC(=O)c1cc(Cc2ccnc(N)c2F)c(F)c(F)c1Nc1ccc(I)cc1F. The molecule has 0 spiro atoms. The van der Waals surface area contributed by atoms with Crippen molar-refractivity contribution in [3.8, 4) is 0 Å². The maximum Gasteiger partial charge on any atom is 0.253 e. The highest BCUT2D eigenvalue weighted by Gasteiger charge is 2.24. The molecule has 1 aromatic heterocycles. The maximum absolute atomic E-state index is 15.2. The van der Waals surface area contributed by atoms with E-state index in [0.29, 0.717) is 3.57 Å². The zero-order chi connectivity index (χ0) is 25.2. The molecule has 0 aliphatic carbocycles. The number of carbonyl (C=O) groups is 1. The minimum atomic E-state index is -2.39. The zero-order valence-corrected chi connectivity index (χ0v) is 18.4. The molecule has 0 aliphatic rings. The summed E-state index contributed by atoms with van der Waals surface area (Å²) in [6.45, 7) is 0.873. The number of amides is 1. The standard InChI is InChI=1S/C22H17F4IN4O/c1-2-6-30-22(32)14-9-12(8-11-5-7-29-21(28)18(11)25)17(24)19(26)20(14)31-16-4-3-13(27)10-15(16)23/h2-5,7,9-10,31H,1,6,8H2,(H2,28,29)(H,30,32)/i6D2. The Balaban J connectivity index is 2.15. The molecule has 5 nitrogen and oxygen atoms in total. The van der Waals surface area contributed by atoms with Gasteiger partial charge in [0.05, 0.1) is 19.7 Å². The van der Waals surface area contributed by atoms with E-state index in [0.717, 1.165) is 18.2 Å². The fourth-order valence-corrected chi connectivity index (χ4v) is 3.31. The van der Waals surface area contributed by atoms with E-state index < -0.39 is 64.7 Å². The number of pyridine rings is 1. The number of carbonyl (C=O) groups excluding carboxylic acids is 1. The van der Waals surface area contributed by atoms with E-state index in [-0.39, 0.29) is 11.3 Å². The van der Waals surface area contributed by atoms with E-state index in [2.05, 4.69) is 16.9 Å². The first-order chi connectivity index (χ1) is 15.9. The largest absolute Gasteiger partial charge is 0.381 e. The second-order valence-corrected chi connectivity index (χ2v) is 7.73. The van der Waals surface area contributed by atoms with Crippen molar-refractivity contribution < 1.29 is 25.1 Å². The molecule has 166 valence electrons. The third-order valence-corrected chi connectivity index (χ3v) is 5.05. The van der Waals surface area contributed by atoms with Gasteiger partial charge in [-0.2, -0.15) is 0 Å². The van der Waals surface area contributed by atoms with Crippen LogP contribution in [-0.2, 0) is 6.42 Å². The lowest BCUT2D eigenvalue weighted by atomic mass is 9.99. The number of rotatable bonds is 7. The number of nitrogen functional groups attached to an aromatic ring is 1. The van der Waals surface area contributed by atoms with Crippen molar-refractivity contribution >= 4 is 45.7 Å². The lowest BCUT2D eigenvalue weighted by Crippen LogP contribution is -2.25. The van der Waals surface area contributed by atoms with Gasteiger partial charge in [-0.3, -0.25) is 4.79 Å². The van der Waals surface area contributed by atoms with Crippen molar-refractivity contribution in [2.75, 3.05) is 17.5 Å². The van der Waals surface area contributed by atoms with Crippen LogP contribution in [0.4, 0.5) is 34.8 Å². The van der Waals surface area contributed by atoms with Crippen molar-refractivity contribution in [3.63, 3.8) is 0 Å². The van der Waals surface area contributed by atoms with Crippen LogP contribution in [-0.4, -0.2) is 17.4 Å². The molecule has 0 fully saturated rings. The Bertz CT molecular complexity index is 1290. The average Bonchev–Trinajstić information content (AvgIpc) is 2.77. The molecular weight excluding hydrogens is 539 g/mol. The Morgan fingerprint density at radius 1 is 1.16 bits per heavy atom. The summed E-state index contributed by atoms with van der Waals surface area (Å²) in [6.07, 6.45) is 1.49. The van der Waals surface area contributed by atoms with Gasteiger partial charge >= 0.3 is 0 Å². The van der Waals surface area contributed by atoms with Crippen LogP contribution in [0.2, 0.25) is 0 Å². The number of nitrogens with two attached hydrogens (primary N) is 1. The number of nitrogens with one attached hydrogen (secondary N) is 2. The summed E-state index contributed by atoms with van der Waals surface area (Å²) >= 11 is 1.86. The van der Waals surface area contributed by atoms with Gasteiger partial charge < -0.3 is 16.4 Å². The van der Waals surface area contributed by atoms with Crippen LogP contribution in [0.3, 0.4) is 0 Å². The molecule has 0 radical (unpaired) electrons. The third-order valence-electron chi connectivity index (χ3n) is 4.38. The Labute approximate surface area is 197 Å². The summed E-state index contributed by atoms with van der Waals surface area (Å²) in [5, 5.41) is 4.35. The second-order valence-electron chi connectivity index (χ2n) is 6.48. The van der Waals surface area contributed by atoms with Gasteiger partial charge in [0, 0.05) is 22.7 Å². The maximum atomic E-state index is 15.2. The summed E-state index contributed by atoms with van der Waals surface area (Å²) in [7, 11) is 0. The molecule has 1 heterocycles. The summed E-state index contributed by atoms with van der Waals surface area (Å²) in [4.78, 5) is 16.4. The topological polar surface area (TPSA) is 80.0 Å². The minimum Gasteiger partial charge on any atom is -0.381 e. The number of anilines is 3. The van der Waals surface area contributed by atoms with Crippen LogP contribution in [0, 0.1) is 26.8 Å². The molecule has 3 rings (SSSR count). The van der Waals surface area contributed by atoms with Crippen LogP contribution in [0.25, 0.3) is 0 Å². The van der Waals surface area contributed by atoms with Crippen LogP contribution in [0.15, 0.2) is 49.2 Å². The van der Waals surface area contributed by atoms with Crippen LogP contribution < -0.4 is 16.4 Å². The monoisotopic (exact) mass is 558 g/mol. The normalized spacial score (nSPS) is 12.0. The number of aromatic nitrogens is 1. The molecule has 0 saturated heterocycles. The smallest absolute Gasteiger partial charge is 0.253 e. The van der Waals surface area contributed by atoms with Crippen molar-refractivity contribution in [2.24, 2.45) is 0 Å². The molecule has 0 unspecified atom stereocenters. The zero-order valence-electron chi connectivity index (χ0n) is 18.3. The predicted molar refractivity (Wildman–Crippen MR) is 123 cm³/mol. The van der Waals surface area contributed by atoms with Crippen molar-refractivity contribution in [2.45, 2.75) is 6.42 Å². The van der Waals surface area contributed by atoms with Crippen LogP contribution >= 0.6 is 22.6 Å². The molecule has 4 N–H and O–H groups in total. The number of halogens is 5. The molecule has 0 saturated carbocycles. The van der Waals surface area contributed by atoms with Gasteiger partial charge in [-0.05, 0) is 64.0 Å². The molecule has 10 heteroatoms. The second kappa shape index (κ2) is 9.98. The minimum absolute atomic E-state index is 0.108. The Hall–Kier alpha value is -3.15. The van der Waals surface area contributed by atoms with Gasteiger partial charge in [0.1, 0.15) is 5.82 Å². The fourth-order valence-electron chi connectivity index (χ4n) is 2.86. The van der Waals surface area contributed by atoms with E-state index in [4.69, 9.17) is 8.48 Å². The lowest BCUT2D eigenvalue weighted by Gasteiger charge is -2.17. The number of nitrogens with zero attached hydrogens (tertiary/aromatic N) is 1. The molecule has 1 amide bonds. The van der Waals surface area contributed by atoms with E-state index in [1.165, 1.54) is 24.4 Å². The van der Waals surface area contributed by atoms with Crippen molar-refractivity contribution in [3.05, 3.63) is 92.7 Å². The van der Waals surface area contributed by atoms with Gasteiger partial charge in [0.15, 0.2) is 23.3 Å². The third kappa shape index (κ3) is 5.01. The molecule has 32 heavy (non-hydrogen) atoms. The molecule has 0 aliphatic heterocycles. The Kier molecular flexibility index (Phi) is 6.47. The first-order valence-electron chi connectivity index (χ1n) is 10.0. The molecule has 3 aromatic rings. The van der Waals surface area contributed by atoms with Crippen molar-refractivity contribution in [1.29, 1.82) is 0 Å². The Morgan fingerprint density at radius 3 is 2.59 bits per heavy atom. The predicted octanol–water partition coefficient (Wildman–Crippen LogP) is 5.08. The summed E-state index contributed by atoms with van der Waals surface area (Å²) in [5.41, 5.74) is 3.38. The number of hydrogen-bond acceptors (Lipinski definition) is 4. The van der Waals surface area contributed by atoms with Gasteiger partial charge in [0.25, 0.3) is 5.91 Å². The van der Waals surface area contributed by atoms with E-state index in [1.807, 2.05) is 27.9 Å². The highest BCUT2D eigenvalue weighted by Crippen LogP contribution is 2.32. The summed E-state index contributed by atoms with van der Waals surface area (Å²) in [6, 6.07) is 6.05. The Morgan fingerprint density at radius 2 is 1.91 bits per heavy atom. The quantitative estimate of drug-likeness (QED) is 0.215. The van der Waals surface area contributed by atoms with Gasteiger partial charge in [-0.15, -0.1) is 6.58 Å². The van der Waals surface area contributed by atoms with E-state index in [1.54, 1.807) is 0 Å². The molecular formula is C22H17F4IN4O. The van der Waals surface area contributed by atoms with Gasteiger partial charge in [-0.25, -0.2) is 22.5 Å². The van der Waals surface area contributed by atoms with E-state index in [9.17, 15) is 18.0 Å². The van der Waals surface area contributed by atoms with Crippen molar-refractivity contribution in [1.82, 2.24) is 10.3 Å². The van der Waals surface area contributed by atoms with Crippen LogP contribution in [0.1, 0.15) is 24.2 Å².